The Balaban J connectivity index is 1.89. The first-order valence-corrected chi connectivity index (χ1v) is 7.11. The molecule has 0 heterocycles. The van der Waals surface area contributed by atoms with Gasteiger partial charge in [0.2, 0.25) is 0 Å². The van der Waals surface area contributed by atoms with Crippen LogP contribution in [0.15, 0.2) is 42.5 Å². The van der Waals surface area contributed by atoms with Crippen molar-refractivity contribution in [2.75, 3.05) is 6.54 Å². The number of nitrogens with zero attached hydrogens (tertiary/aromatic N) is 1. The number of carboxylic acids is 1. The van der Waals surface area contributed by atoms with E-state index in [1.165, 1.54) is 16.3 Å². The number of benzene rings is 2. The number of fused-ring (bicyclic) bond motifs is 1. The molecule has 3 rings (SSSR count). The molecule has 0 bridgehead atoms. The largest absolute Gasteiger partial charge is 0.480 e. The van der Waals surface area contributed by atoms with Gasteiger partial charge in [-0.25, -0.2) is 0 Å². The Morgan fingerprint density at radius 2 is 1.95 bits per heavy atom. The van der Waals surface area contributed by atoms with Gasteiger partial charge < -0.3 is 5.11 Å². The number of hydrogen-bond donors (Lipinski definition) is 1. The molecule has 3 heteroatoms. The maximum atomic E-state index is 11.0. The van der Waals surface area contributed by atoms with Gasteiger partial charge in [-0.3, -0.25) is 9.69 Å². The molecule has 0 aliphatic heterocycles. The van der Waals surface area contributed by atoms with Gasteiger partial charge in [0.15, 0.2) is 0 Å². The minimum absolute atomic E-state index is 0.124. The molecule has 0 unspecified atom stereocenters. The van der Waals surface area contributed by atoms with Gasteiger partial charge in [-0.05, 0) is 42.2 Å². The van der Waals surface area contributed by atoms with E-state index in [9.17, 15) is 4.79 Å². The smallest absolute Gasteiger partial charge is 0.317 e. The Bertz CT molecular complexity index is 634. The summed E-state index contributed by atoms with van der Waals surface area (Å²) in [5, 5.41) is 11.5. The minimum atomic E-state index is -0.746. The van der Waals surface area contributed by atoms with Gasteiger partial charge in [0, 0.05) is 12.1 Å². The summed E-state index contributed by atoms with van der Waals surface area (Å²) >= 11 is 0. The Morgan fingerprint density at radius 1 is 1.25 bits per heavy atom. The van der Waals surface area contributed by atoms with E-state index in [1.54, 1.807) is 0 Å². The first-order valence-electron chi connectivity index (χ1n) is 7.11. The average molecular weight is 269 g/mol. The third kappa shape index (κ3) is 2.68. The third-order valence-electron chi connectivity index (χ3n) is 4.09. The van der Waals surface area contributed by atoms with E-state index >= 15 is 0 Å². The second-order valence-electron chi connectivity index (χ2n) is 5.58. The van der Waals surface area contributed by atoms with Crippen molar-refractivity contribution in [3.8, 4) is 0 Å². The molecule has 1 aliphatic rings. The fourth-order valence-corrected chi connectivity index (χ4v) is 2.80. The molecule has 0 saturated heterocycles. The maximum absolute atomic E-state index is 11.0. The van der Waals surface area contributed by atoms with Gasteiger partial charge in [0.1, 0.15) is 0 Å². The molecule has 2 aromatic carbocycles. The zero-order valence-corrected chi connectivity index (χ0v) is 11.6. The van der Waals surface area contributed by atoms with Crippen molar-refractivity contribution >= 4 is 16.7 Å². The molecule has 104 valence electrons. The van der Waals surface area contributed by atoms with Gasteiger partial charge in [0.05, 0.1) is 6.54 Å². The van der Waals surface area contributed by atoms with Crippen LogP contribution in [0, 0.1) is 0 Å². The molecule has 1 fully saturated rings. The predicted molar refractivity (Wildman–Crippen MR) is 79.7 cm³/mol. The predicted octanol–water partition coefficient (Wildman–Crippen LogP) is 3.45. The molecule has 0 amide bonds. The normalized spacial score (nSPS) is 16.5. The van der Waals surface area contributed by atoms with Crippen molar-refractivity contribution in [1.82, 2.24) is 4.90 Å². The molecule has 1 saturated carbocycles. The summed E-state index contributed by atoms with van der Waals surface area (Å²) in [5.74, 6) is -0.746. The summed E-state index contributed by atoms with van der Waals surface area (Å²) < 4.78 is 0. The quantitative estimate of drug-likeness (QED) is 0.903. The molecule has 1 aliphatic carbocycles. The molecule has 0 aromatic heterocycles. The third-order valence-corrected chi connectivity index (χ3v) is 4.09. The van der Waals surface area contributed by atoms with Crippen molar-refractivity contribution in [2.24, 2.45) is 0 Å². The standard InChI is InChI=1S/C17H19NO2/c1-12(18(11-17(19)20)16-8-9-16)14-7-6-13-4-2-3-5-15(13)10-14/h2-7,10,12,16H,8-9,11H2,1H3,(H,19,20)/t12-/m1/s1. The maximum Gasteiger partial charge on any atom is 0.317 e. The molecule has 1 atom stereocenters. The van der Waals surface area contributed by atoms with Gasteiger partial charge in [-0.1, -0.05) is 36.4 Å². The van der Waals surface area contributed by atoms with Crippen LogP contribution in [0.3, 0.4) is 0 Å². The minimum Gasteiger partial charge on any atom is -0.480 e. The van der Waals surface area contributed by atoms with Gasteiger partial charge in [0.25, 0.3) is 0 Å². The lowest BCUT2D eigenvalue weighted by Gasteiger charge is -2.28. The molecular formula is C17H19NO2. The van der Waals surface area contributed by atoms with E-state index in [4.69, 9.17) is 5.11 Å². The molecule has 2 aromatic rings. The lowest BCUT2D eigenvalue weighted by atomic mass is 10.0. The van der Waals surface area contributed by atoms with E-state index < -0.39 is 5.97 Å². The van der Waals surface area contributed by atoms with Crippen molar-refractivity contribution in [1.29, 1.82) is 0 Å². The molecule has 1 N–H and O–H groups in total. The SMILES string of the molecule is C[C@H](c1ccc2ccccc2c1)N(CC(=O)O)C1CC1. The summed E-state index contributed by atoms with van der Waals surface area (Å²) in [5.41, 5.74) is 1.19. The Morgan fingerprint density at radius 3 is 2.60 bits per heavy atom. The van der Waals surface area contributed by atoms with Crippen LogP contribution < -0.4 is 0 Å². The van der Waals surface area contributed by atoms with Crippen LogP contribution in [-0.4, -0.2) is 28.6 Å². The average Bonchev–Trinajstić information content (AvgIpc) is 3.28. The Kier molecular flexibility index (Phi) is 3.45. The number of carboxylic acid groups (broad SMARTS) is 1. The van der Waals surface area contributed by atoms with E-state index in [1.807, 2.05) is 12.1 Å². The fourth-order valence-electron chi connectivity index (χ4n) is 2.80. The van der Waals surface area contributed by atoms with Crippen molar-refractivity contribution < 1.29 is 9.90 Å². The molecule has 3 nitrogen and oxygen atoms in total. The summed E-state index contributed by atoms with van der Waals surface area (Å²) in [6, 6.07) is 15.3. The van der Waals surface area contributed by atoms with Crippen molar-refractivity contribution in [2.45, 2.75) is 31.8 Å². The summed E-state index contributed by atoms with van der Waals surface area (Å²) in [6.45, 7) is 2.23. The second-order valence-corrected chi connectivity index (χ2v) is 5.58. The van der Waals surface area contributed by atoms with Crippen LogP contribution in [0.5, 0.6) is 0 Å². The molecule has 20 heavy (non-hydrogen) atoms. The molecular weight excluding hydrogens is 250 g/mol. The van der Waals surface area contributed by atoms with Crippen molar-refractivity contribution in [3.63, 3.8) is 0 Å². The zero-order chi connectivity index (χ0) is 14.1. The van der Waals surface area contributed by atoms with E-state index in [-0.39, 0.29) is 12.6 Å². The highest BCUT2D eigenvalue weighted by atomic mass is 16.4. The monoisotopic (exact) mass is 269 g/mol. The Labute approximate surface area is 118 Å². The lowest BCUT2D eigenvalue weighted by molar-refractivity contribution is -0.139. The molecule has 0 spiro atoms. The highest BCUT2D eigenvalue weighted by Crippen LogP contribution is 2.34. The number of hydrogen-bond acceptors (Lipinski definition) is 2. The fraction of sp³-hybridized carbons (Fsp3) is 0.353. The Hall–Kier alpha value is -1.87. The first-order chi connectivity index (χ1) is 9.65. The van der Waals surface area contributed by atoms with E-state index in [2.05, 4.69) is 42.2 Å². The van der Waals surface area contributed by atoms with Crippen molar-refractivity contribution in [3.05, 3.63) is 48.0 Å². The van der Waals surface area contributed by atoms with Crippen LogP contribution >= 0.6 is 0 Å². The summed E-state index contributed by atoms with van der Waals surface area (Å²) in [4.78, 5) is 13.2. The number of aliphatic carboxylic acids is 1. The van der Waals surface area contributed by atoms with Crippen LogP contribution in [0.1, 0.15) is 31.4 Å². The van der Waals surface area contributed by atoms with Crippen LogP contribution in [-0.2, 0) is 4.79 Å². The van der Waals surface area contributed by atoms with E-state index in [0.717, 1.165) is 12.8 Å². The van der Waals surface area contributed by atoms with Gasteiger partial charge in [-0.15, -0.1) is 0 Å². The zero-order valence-electron chi connectivity index (χ0n) is 11.6. The van der Waals surface area contributed by atoms with E-state index in [0.29, 0.717) is 6.04 Å². The van der Waals surface area contributed by atoms with Gasteiger partial charge >= 0.3 is 5.97 Å². The topological polar surface area (TPSA) is 40.5 Å². The number of carbonyl (C=O) groups is 1. The first kappa shape index (κ1) is 13.1. The second kappa shape index (κ2) is 5.25. The van der Waals surface area contributed by atoms with Gasteiger partial charge in [-0.2, -0.15) is 0 Å². The van der Waals surface area contributed by atoms with Crippen LogP contribution in [0.25, 0.3) is 10.8 Å². The summed E-state index contributed by atoms with van der Waals surface area (Å²) in [7, 11) is 0. The summed E-state index contributed by atoms with van der Waals surface area (Å²) in [6.07, 6.45) is 2.23. The molecule has 0 radical (unpaired) electrons. The highest BCUT2D eigenvalue weighted by molar-refractivity contribution is 5.83. The number of rotatable bonds is 5. The van der Waals surface area contributed by atoms with Crippen LogP contribution in [0.4, 0.5) is 0 Å². The highest BCUT2D eigenvalue weighted by Gasteiger charge is 2.33. The van der Waals surface area contributed by atoms with Crippen LogP contribution in [0.2, 0.25) is 0 Å². The lowest BCUT2D eigenvalue weighted by Crippen LogP contribution is -2.34.